The summed E-state index contributed by atoms with van der Waals surface area (Å²) in [5.41, 5.74) is 5.85. The number of unbranched alkanes of at least 4 members (excludes halogenated alkanes) is 14. The molecule has 0 aliphatic carbocycles. The zero-order chi connectivity index (χ0) is 19.6. The second-order valence-corrected chi connectivity index (χ2v) is 8.43. The third kappa shape index (κ3) is 14.7. The molecule has 0 radical (unpaired) electrons. The van der Waals surface area contributed by atoms with Crippen molar-refractivity contribution >= 4 is 5.78 Å². The van der Waals surface area contributed by atoms with Crippen LogP contribution in [0.4, 0.5) is 0 Å². The highest BCUT2D eigenvalue weighted by molar-refractivity contribution is 5.83. The fourth-order valence-corrected chi connectivity index (χ4v) is 3.40. The molecule has 3 nitrogen and oxygen atoms in total. The highest BCUT2D eigenvalue weighted by Gasteiger charge is 2.24. The van der Waals surface area contributed by atoms with E-state index in [0.717, 1.165) is 12.8 Å². The van der Waals surface area contributed by atoms with Crippen molar-refractivity contribution in [1.82, 2.24) is 0 Å². The van der Waals surface area contributed by atoms with Gasteiger partial charge in [0.15, 0.2) is 5.78 Å². The topological polar surface area (TPSA) is 63.3 Å². The largest absolute Gasteiger partial charge is 0.384 e. The van der Waals surface area contributed by atoms with Crippen LogP contribution in [0.3, 0.4) is 0 Å². The average molecular weight is 370 g/mol. The van der Waals surface area contributed by atoms with E-state index in [9.17, 15) is 9.90 Å². The molecule has 0 rings (SSSR count). The number of aliphatic hydroxyl groups excluding tert-OH is 1. The van der Waals surface area contributed by atoms with Gasteiger partial charge in [-0.1, -0.05) is 111 Å². The normalized spacial score (nSPS) is 13.9. The van der Waals surface area contributed by atoms with Gasteiger partial charge in [-0.05, 0) is 12.3 Å². The lowest BCUT2D eigenvalue weighted by atomic mass is 9.94. The van der Waals surface area contributed by atoms with Crippen molar-refractivity contribution in [3.05, 3.63) is 0 Å². The van der Waals surface area contributed by atoms with Crippen LogP contribution in [-0.2, 0) is 4.79 Å². The summed E-state index contributed by atoms with van der Waals surface area (Å²) in [6.07, 6.45) is 19.3. The molecule has 26 heavy (non-hydrogen) atoms. The Kier molecular flexibility index (Phi) is 17.7. The molecule has 0 amide bonds. The molecule has 0 aliphatic heterocycles. The van der Waals surface area contributed by atoms with Crippen LogP contribution in [-0.4, -0.2) is 23.0 Å². The Bertz CT molecular complexity index is 317. The minimum atomic E-state index is -0.985. The average Bonchev–Trinajstić information content (AvgIpc) is 2.63. The fraction of sp³-hybridized carbons (Fsp3) is 0.957. The quantitative estimate of drug-likeness (QED) is 0.268. The second kappa shape index (κ2) is 18.0. The first kappa shape index (κ1) is 25.6. The maximum atomic E-state index is 11.9. The smallest absolute Gasteiger partial charge is 0.162 e. The Hall–Kier alpha value is -0.410. The van der Waals surface area contributed by atoms with Crippen LogP contribution in [0.1, 0.15) is 124 Å². The first-order chi connectivity index (χ1) is 12.5. The number of ketones is 1. The van der Waals surface area contributed by atoms with Crippen molar-refractivity contribution in [1.29, 1.82) is 0 Å². The van der Waals surface area contributed by atoms with E-state index in [1.807, 2.05) is 13.8 Å². The number of carbonyl (C=O) groups is 1. The molecule has 0 aromatic rings. The molecule has 0 saturated carbocycles. The molecule has 2 atom stereocenters. The Labute approximate surface area is 163 Å². The monoisotopic (exact) mass is 369 g/mol. The molecule has 0 heterocycles. The fourth-order valence-electron chi connectivity index (χ4n) is 3.40. The summed E-state index contributed by atoms with van der Waals surface area (Å²) in [7, 11) is 0. The van der Waals surface area contributed by atoms with Crippen LogP contribution in [0.5, 0.6) is 0 Å². The molecular formula is C23H47NO2. The highest BCUT2D eigenvalue weighted by Crippen LogP contribution is 2.14. The maximum Gasteiger partial charge on any atom is 0.162 e. The van der Waals surface area contributed by atoms with E-state index >= 15 is 0 Å². The van der Waals surface area contributed by atoms with Gasteiger partial charge in [-0.15, -0.1) is 0 Å². The minimum absolute atomic E-state index is 0.0825. The van der Waals surface area contributed by atoms with Crippen LogP contribution < -0.4 is 5.73 Å². The van der Waals surface area contributed by atoms with Gasteiger partial charge in [-0.3, -0.25) is 4.79 Å². The Balaban J connectivity index is 3.30. The van der Waals surface area contributed by atoms with Gasteiger partial charge in [0.25, 0.3) is 0 Å². The Morgan fingerprint density at radius 2 is 1.08 bits per heavy atom. The van der Waals surface area contributed by atoms with Gasteiger partial charge >= 0.3 is 0 Å². The number of hydrogen-bond donors (Lipinski definition) is 2. The van der Waals surface area contributed by atoms with E-state index in [-0.39, 0.29) is 11.7 Å². The number of hydrogen-bond acceptors (Lipinski definition) is 3. The van der Waals surface area contributed by atoms with Crippen LogP contribution in [0.2, 0.25) is 0 Å². The van der Waals surface area contributed by atoms with Crippen molar-refractivity contribution in [3.8, 4) is 0 Å². The molecule has 0 aromatic heterocycles. The van der Waals surface area contributed by atoms with Crippen LogP contribution >= 0.6 is 0 Å². The summed E-state index contributed by atoms with van der Waals surface area (Å²) in [6, 6.07) is -0.432. The molecule has 0 bridgehead atoms. The summed E-state index contributed by atoms with van der Waals surface area (Å²) in [5, 5.41) is 9.90. The number of Topliss-reactive ketones (excluding diaryl/α,β-unsaturated/α-hetero) is 1. The maximum absolute atomic E-state index is 11.9. The molecule has 3 heteroatoms. The second-order valence-electron chi connectivity index (χ2n) is 8.43. The van der Waals surface area contributed by atoms with E-state index in [0.29, 0.717) is 6.42 Å². The van der Waals surface area contributed by atoms with Crippen molar-refractivity contribution in [3.63, 3.8) is 0 Å². The minimum Gasteiger partial charge on any atom is -0.384 e. The first-order valence-corrected chi connectivity index (χ1v) is 11.5. The molecule has 156 valence electrons. The van der Waals surface area contributed by atoms with Crippen molar-refractivity contribution in [2.75, 3.05) is 0 Å². The van der Waals surface area contributed by atoms with Gasteiger partial charge in [0.05, 0.1) is 0 Å². The van der Waals surface area contributed by atoms with Gasteiger partial charge in [0, 0.05) is 12.5 Å². The van der Waals surface area contributed by atoms with E-state index in [4.69, 9.17) is 5.73 Å². The lowest BCUT2D eigenvalue weighted by Gasteiger charge is -2.20. The molecule has 1 unspecified atom stereocenters. The molecule has 0 spiro atoms. The molecule has 0 fully saturated rings. The van der Waals surface area contributed by atoms with Crippen LogP contribution in [0, 0.1) is 5.92 Å². The SMILES string of the molecule is CCCCCCCCCCCCCCCCCC(=O)C(O)[C@@H](N)C(C)C. The van der Waals surface area contributed by atoms with Gasteiger partial charge in [-0.25, -0.2) is 0 Å². The number of carbonyl (C=O) groups excluding carboxylic acids is 1. The standard InChI is InChI=1S/C23H47NO2/c1-4-5-6-7-8-9-10-11-12-13-14-15-16-17-18-19-21(25)23(26)22(24)20(2)3/h20,22-23,26H,4-19,24H2,1-3H3/t22-,23?/m0/s1. The van der Waals surface area contributed by atoms with Crippen molar-refractivity contribution in [2.45, 2.75) is 136 Å². The third-order valence-corrected chi connectivity index (χ3v) is 5.49. The predicted octanol–water partition coefficient (Wildman–Crippen LogP) is 6.16. The van der Waals surface area contributed by atoms with Crippen molar-refractivity contribution in [2.24, 2.45) is 11.7 Å². The molecule has 0 saturated heterocycles. The molecular weight excluding hydrogens is 322 g/mol. The lowest BCUT2D eigenvalue weighted by Crippen LogP contribution is -2.44. The van der Waals surface area contributed by atoms with Crippen molar-refractivity contribution < 1.29 is 9.90 Å². The summed E-state index contributed by atoms with van der Waals surface area (Å²) in [5.74, 6) is 0.0518. The van der Waals surface area contributed by atoms with Gasteiger partial charge in [-0.2, -0.15) is 0 Å². The van der Waals surface area contributed by atoms with Gasteiger partial charge in [0.2, 0.25) is 0 Å². The van der Waals surface area contributed by atoms with Gasteiger partial charge < -0.3 is 10.8 Å². The van der Waals surface area contributed by atoms with Crippen LogP contribution in [0.15, 0.2) is 0 Å². The highest BCUT2D eigenvalue weighted by atomic mass is 16.3. The molecule has 0 aromatic carbocycles. The van der Waals surface area contributed by atoms with Crippen LogP contribution in [0.25, 0.3) is 0 Å². The van der Waals surface area contributed by atoms with E-state index < -0.39 is 12.1 Å². The Morgan fingerprint density at radius 1 is 0.731 bits per heavy atom. The van der Waals surface area contributed by atoms with E-state index in [2.05, 4.69) is 6.92 Å². The zero-order valence-corrected chi connectivity index (χ0v) is 18.0. The molecule has 3 N–H and O–H groups in total. The number of aliphatic hydroxyl groups is 1. The van der Waals surface area contributed by atoms with Gasteiger partial charge in [0.1, 0.15) is 6.10 Å². The summed E-state index contributed by atoms with van der Waals surface area (Å²) in [6.45, 7) is 6.15. The zero-order valence-electron chi connectivity index (χ0n) is 18.0. The predicted molar refractivity (Wildman–Crippen MR) is 113 cm³/mol. The summed E-state index contributed by atoms with van der Waals surface area (Å²) >= 11 is 0. The number of rotatable bonds is 19. The first-order valence-electron chi connectivity index (χ1n) is 11.5. The number of nitrogens with two attached hydrogens (primary N) is 1. The lowest BCUT2D eigenvalue weighted by molar-refractivity contribution is -0.128. The summed E-state index contributed by atoms with van der Waals surface area (Å²) < 4.78 is 0. The third-order valence-electron chi connectivity index (χ3n) is 5.49. The van der Waals surface area contributed by atoms with E-state index in [1.165, 1.54) is 83.5 Å². The Morgan fingerprint density at radius 3 is 1.42 bits per heavy atom. The summed E-state index contributed by atoms with van der Waals surface area (Å²) in [4.78, 5) is 11.9. The molecule has 0 aliphatic rings. The van der Waals surface area contributed by atoms with E-state index in [1.54, 1.807) is 0 Å².